The van der Waals surface area contributed by atoms with Gasteiger partial charge in [-0.3, -0.25) is 4.79 Å². The van der Waals surface area contributed by atoms with Crippen molar-refractivity contribution in [2.45, 2.75) is 64.1 Å². The van der Waals surface area contributed by atoms with Crippen LogP contribution in [0.15, 0.2) is 0 Å². The molecule has 0 aromatic heterocycles. The summed E-state index contributed by atoms with van der Waals surface area (Å²) in [4.78, 5) is 25.2. The van der Waals surface area contributed by atoms with Gasteiger partial charge in [-0.05, 0) is 33.6 Å². The number of hydrogen-bond acceptors (Lipinski definition) is 3. The molecule has 1 saturated carbocycles. The molecule has 0 aliphatic heterocycles. The first kappa shape index (κ1) is 17.1. The first-order valence-corrected chi connectivity index (χ1v) is 7.59. The number of alkyl halides is 1. The molecule has 2 amide bonds. The van der Waals surface area contributed by atoms with Crippen LogP contribution >= 0.6 is 11.6 Å². The second-order valence-electron chi connectivity index (χ2n) is 6.25. The van der Waals surface area contributed by atoms with Gasteiger partial charge >= 0.3 is 6.09 Å². The molecular weight excluding hydrogens is 280 g/mol. The maximum absolute atomic E-state index is 12.1. The zero-order valence-corrected chi connectivity index (χ0v) is 13.5. The van der Waals surface area contributed by atoms with E-state index in [1.54, 1.807) is 11.9 Å². The summed E-state index contributed by atoms with van der Waals surface area (Å²) < 4.78 is 5.38. The third-order valence-electron chi connectivity index (χ3n) is 3.38. The molecule has 0 radical (unpaired) electrons. The SMILES string of the molecule is CN(C(=O)OC(C)(C)C)[C@@H]1CCCC[C@H]1NC(=O)CCl. The van der Waals surface area contributed by atoms with Crippen molar-refractivity contribution in [1.82, 2.24) is 10.2 Å². The Balaban J connectivity index is 2.68. The lowest BCUT2D eigenvalue weighted by atomic mass is 9.89. The number of ether oxygens (including phenoxy) is 1. The average Bonchev–Trinajstić information content (AvgIpc) is 2.36. The number of nitrogens with zero attached hydrogens (tertiary/aromatic N) is 1. The van der Waals surface area contributed by atoms with E-state index in [2.05, 4.69) is 5.32 Å². The Bertz CT molecular complexity index is 355. The Morgan fingerprint density at radius 3 is 2.45 bits per heavy atom. The van der Waals surface area contributed by atoms with Crippen LogP contribution in [0.3, 0.4) is 0 Å². The fourth-order valence-corrected chi connectivity index (χ4v) is 2.54. The molecule has 0 aromatic rings. The van der Waals surface area contributed by atoms with E-state index in [1.165, 1.54) is 0 Å². The highest BCUT2D eigenvalue weighted by Gasteiger charge is 2.33. The molecule has 6 heteroatoms. The van der Waals surface area contributed by atoms with Gasteiger partial charge in [-0.15, -0.1) is 11.6 Å². The summed E-state index contributed by atoms with van der Waals surface area (Å²) in [6.45, 7) is 5.52. The maximum Gasteiger partial charge on any atom is 0.410 e. The van der Waals surface area contributed by atoms with Crippen molar-refractivity contribution in [3.63, 3.8) is 0 Å². The molecule has 1 aliphatic rings. The van der Waals surface area contributed by atoms with E-state index < -0.39 is 5.60 Å². The zero-order valence-electron chi connectivity index (χ0n) is 12.7. The second kappa shape index (κ2) is 7.16. The molecule has 20 heavy (non-hydrogen) atoms. The van der Waals surface area contributed by atoms with Crippen LogP contribution < -0.4 is 5.32 Å². The molecule has 0 saturated heterocycles. The standard InChI is InChI=1S/C14H25ClN2O3/c1-14(2,3)20-13(19)17(4)11-8-6-5-7-10(11)16-12(18)9-15/h10-11H,5-9H2,1-4H3,(H,16,18)/t10-,11-/m1/s1. The smallest absolute Gasteiger partial charge is 0.410 e. The summed E-state index contributed by atoms with van der Waals surface area (Å²) >= 11 is 5.53. The van der Waals surface area contributed by atoms with E-state index in [9.17, 15) is 9.59 Å². The molecule has 0 heterocycles. The topological polar surface area (TPSA) is 58.6 Å². The number of hydrogen-bond donors (Lipinski definition) is 1. The van der Waals surface area contributed by atoms with Crippen LogP contribution in [-0.2, 0) is 9.53 Å². The Kier molecular flexibility index (Phi) is 6.11. The fraction of sp³-hybridized carbons (Fsp3) is 0.857. The van der Waals surface area contributed by atoms with Crippen LogP contribution in [0.1, 0.15) is 46.5 Å². The second-order valence-corrected chi connectivity index (χ2v) is 6.52. The molecular formula is C14H25ClN2O3. The molecule has 2 atom stereocenters. The summed E-state index contributed by atoms with van der Waals surface area (Å²) in [5.74, 6) is -0.250. The summed E-state index contributed by atoms with van der Waals surface area (Å²) in [5, 5.41) is 2.90. The van der Waals surface area contributed by atoms with E-state index in [1.807, 2.05) is 20.8 Å². The van der Waals surface area contributed by atoms with Crippen molar-refractivity contribution >= 4 is 23.6 Å². The van der Waals surface area contributed by atoms with Crippen LogP contribution in [0.2, 0.25) is 0 Å². The number of likely N-dealkylation sites (N-methyl/N-ethyl adjacent to an activating group) is 1. The predicted molar refractivity (Wildman–Crippen MR) is 78.9 cm³/mol. The number of carbonyl (C=O) groups excluding carboxylic acids is 2. The van der Waals surface area contributed by atoms with Crippen molar-refractivity contribution in [3.8, 4) is 0 Å². The van der Waals surface area contributed by atoms with Crippen molar-refractivity contribution < 1.29 is 14.3 Å². The minimum Gasteiger partial charge on any atom is -0.444 e. The number of nitrogens with one attached hydrogen (secondary N) is 1. The summed E-state index contributed by atoms with van der Waals surface area (Å²) in [5.41, 5.74) is -0.519. The van der Waals surface area contributed by atoms with Crippen molar-refractivity contribution in [1.29, 1.82) is 0 Å². The number of halogens is 1. The zero-order chi connectivity index (χ0) is 15.3. The molecule has 0 bridgehead atoms. The van der Waals surface area contributed by atoms with Gasteiger partial charge < -0.3 is 15.0 Å². The molecule has 1 aliphatic carbocycles. The monoisotopic (exact) mass is 304 g/mol. The molecule has 0 spiro atoms. The fourth-order valence-electron chi connectivity index (χ4n) is 2.46. The van der Waals surface area contributed by atoms with Crippen molar-refractivity contribution in [2.75, 3.05) is 12.9 Å². The van der Waals surface area contributed by atoms with E-state index in [0.29, 0.717) is 0 Å². The molecule has 116 valence electrons. The molecule has 5 nitrogen and oxygen atoms in total. The first-order chi connectivity index (χ1) is 9.24. The summed E-state index contributed by atoms with van der Waals surface area (Å²) in [6.07, 6.45) is 3.47. The van der Waals surface area contributed by atoms with E-state index in [-0.39, 0.29) is 30.0 Å². The summed E-state index contributed by atoms with van der Waals surface area (Å²) in [7, 11) is 1.73. The van der Waals surface area contributed by atoms with Gasteiger partial charge in [-0.25, -0.2) is 4.79 Å². The lowest BCUT2D eigenvalue weighted by Gasteiger charge is -2.38. The first-order valence-electron chi connectivity index (χ1n) is 7.05. The highest BCUT2D eigenvalue weighted by molar-refractivity contribution is 6.27. The Morgan fingerprint density at radius 2 is 1.90 bits per heavy atom. The normalized spacial score (nSPS) is 23.1. The van der Waals surface area contributed by atoms with Gasteiger partial charge in [0, 0.05) is 13.1 Å². The van der Waals surface area contributed by atoms with Gasteiger partial charge in [-0.2, -0.15) is 0 Å². The van der Waals surface area contributed by atoms with Gasteiger partial charge in [0.25, 0.3) is 0 Å². The van der Waals surface area contributed by atoms with Crippen molar-refractivity contribution in [2.24, 2.45) is 0 Å². The third-order valence-corrected chi connectivity index (χ3v) is 3.62. The molecule has 1 rings (SSSR count). The minimum absolute atomic E-state index is 0.0363. The largest absolute Gasteiger partial charge is 0.444 e. The molecule has 1 fully saturated rings. The van der Waals surface area contributed by atoms with Crippen molar-refractivity contribution in [3.05, 3.63) is 0 Å². The molecule has 0 unspecified atom stereocenters. The van der Waals surface area contributed by atoms with Gasteiger partial charge in [0.2, 0.25) is 5.91 Å². The molecule has 1 N–H and O–H groups in total. The van der Waals surface area contributed by atoms with Crippen LogP contribution in [0.5, 0.6) is 0 Å². The van der Waals surface area contributed by atoms with E-state index >= 15 is 0 Å². The Labute approximate surface area is 126 Å². The third kappa shape index (κ3) is 5.19. The van der Waals surface area contributed by atoms with Gasteiger partial charge in [-0.1, -0.05) is 12.8 Å². The van der Waals surface area contributed by atoms with E-state index in [0.717, 1.165) is 25.7 Å². The molecule has 0 aromatic carbocycles. The summed E-state index contributed by atoms with van der Waals surface area (Å²) in [6, 6.07) is -0.0849. The van der Waals surface area contributed by atoms with Crippen LogP contribution in [0.4, 0.5) is 4.79 Å². The van der Waals surface area contributed by atoms with Gasteiger partial charge in [0.1, 0.15) is 11.5 Å². The Morgan fingerprint density at radius 1 is 1.30 bits per heavy atom. The van der Waals surface area contributed by atoms with Crippen LogP contribution in [-0.4, -0.2) is 47.5 Å². The lowest BCUT2D eigenvalue weighted by Crippen LogP contribution is -2.54. The van der Waals surface area contributed by atoms with Gasteiger partial charge in [0.05, 0.1) is 6.04 Å². The number of rotatable bonds is 3. The van der Waals surface area contributed by atoms with E-state index in [4.69, 9.17) is 16.3 Å². The highest BCUT2D eigenvalue weighted by Crippen LogP contribution is 2.24. The minimum atomic E-state index is -0.519. The van der Waals surface area contributed by atoms with Gasteiger partial charge in [0.15, 0.2) is 0 Å². The lowest BCUT2D eigenvalue weighted by molar-refractivity contribution is -0.120. The van der Waals surface area contributed by atoms with Crippen LogP contribution in [0.25, 0.3) is 0 Å². The van der Waals surface area contributed by atoms with Crippen LogP contribution in [0, 0.1) is 0 Å². The average molecular weight is 305 g/mol. The highest BCUT2D eigenvalue weighted by atomic mass is 35.5. The number of carbonyl (C=O) groups is 2. The Hall–Kier alpha value is -0.970. The number of amides is 2. The quantitative estimate of drug-likeness (QED) is 0.815. The maximum atomic E-state index is 12.1. The predicted octanol–water partition coefficient (Wildman–Crippen LogP) is 2.52.